The summed E-state index contributed by atoms with van der Waals surface area (Å²) in [5.74, 6) is 0.206. The molecule has 0 N–H and O–H groups in total. The van der Waals surface area contributed by atoms with E-state index in [4.69, 9.17) is 9.15 Å². The number of furan rings is 1. The van der Waals surface area contributed by atoms with E-state index in [1.165, 1.54) is 18.2 Å². The Kier molecular flexibility index (Phi) is 3.09. The van der Waals surface area contributed by atoms with E-state index in [1.807, 2.05) is 0 Å². The van der Waals surface area contributed by atoms with Crippen LogP contribution in [-0.4, -0.2) is 11.2 Å². The Morgan fingerprint density at radius 2 is 2.11 bits per heavy atom. The summed E-state index contributed by atoms with van der Waals surface area (Å²) in [6.45, 7) is 1.62. The number of nitro groups is 1. The lowest BCUT2D eigenvalue weighted by Crippen LogP contribution is -1.95. The number of rotatable bonds is 4. The zero-order valence-corrected chi connectivity index (χ0v) is 9.45. The predicted octanol–water partition coefficient (Wildman–Crippen LogP) is 3.10. The maximum absolute atomic E-state index is 10.9. The molecule has 0 unspecified atom stereocenters. The van der Waals surface area contributed by atoms with Crippen molar-refractivity contribution < 1.29 is 18.9 Å². The van der Waals surface area contributed by atoms with Crippen LogP contribution >= 0.6 is 0 Å². The minimum Gasteiger partial charge on any atom is -0.422 e. The number of benzene rings is 1. The smallest absolute Gasteiger partial charge is 0.314 e. The molecule has 1 heterocycles. The Morgan fingerprint density at radius 1 is 1.33 bits per heavy atom. The first-order chi connectivity index (χ1) is 8.61. The van der Waals surface area contributed by atoms with Crippen LogP contribution in [0.5, 0.6) is 11.7 Å². The molecule has 0 saturated heterocycles. The van der Waals surface area contributed by atoms with Gasteiger partial charge in [0.1, 0.15) is 0 Å². The second kappa shape index (κ2) is 4.70. The van der Waals surface area contributed by atoms with Crippen molar-refractivity contribution in [2.75, 3.05) is 0 Å². The molecule has 1 aromatic heterocycles. The first kappa shape index (κ1) is 11.8. The highest BCUT2D eigenvalue weighted by molar-refractivity contribution is 5.70. The quantitative estimate of drug-likeness (QED) is 0.471. The first-order valence-corrected chi connectivity index (χ1v) is 5.08. The lowest BCUT2D eigenvalue weighted by molar-refractivity contribution is -0.386. The number of para-hydroxylation sites is 1. The van der Waals surface area contributed by atoms with Crippen LogP contribution in [0, 0.1) is 17.0 Å². The zero-order valence-electron chi connectivity index (χ0n) is 9.45. The molecule has 92 valence electrons. The number of nitrogens with zero attached hydrogens (tertiary/aromatic N) is 1. The summed E-state index contributed by atoms with van der Waals surface area (Å²) < 4.78 is 10.3. The van der Waals surface area contributed by atoms with Crippen LogP contribution < -0.4 is 4.74 Å². The Bertz CT molecular complexity index is 602. The molecule has 6 nitrogen and oxygen atoms in total. The predicted molar refractivity (Wildman–Crippen MR) is 62.0 cm³/mol. The largest absolute Gasteiger partial charge is 0.422 e. The zero-order chi connectivity index (χ0) is 13.1. The van der Waals surface area contributed by atoms with Crippen LogP contribution in [0.25, 0.3) is 0 Å². The Hall–Kier alpha value is -2.63. The normalized spacial score (nSPS) is 10.1. The van der Waals surface area contributed by atoms with Crippen LogP contribution in [0.15, 0.2) is 34.7 Å². The second-order valence-electron chi connectivity index (χ2n) is 3.56. The third kappa shape index (κ3) is 2.22. The SMILES string of the molecule is Cc1cccc(Oc2ccc(C=O)o2)c1[N+](=O)[O-]. The molecule has 0 atom stereocenters. The third-order valence-electron chi connectivity index (χ3n) is 2.31. The lowest BCUT2D eigenvalue weighted by atomic mass is 10.2. The summed E-state index contributed by atoms with van der Waals surface area (Å²) >= 11 is 0. The maximum atomic E-state index is 10.9. The highest BCUT2D eigenvalue weighted by atomic mass is 16.6. The van der Waals surface area contributed by atoms with Gasteiger partial charge in [0.05, 0.1) is 4.92 Å². The van der Waals surface area contributed by atoms with Gasteiger partial charge in [-0.25, -0.2) is 0 Å². The van der Waals surface area contributed by atoms with Crippen molar-refractivity contribution in [1.29, 1.82) is 0 Å². The minimum atomic E-state index is -0.520. The molecule has 0 aliphatic heterocycles. The fraction of sp³-hybridized carbons (Fsp3) is 0.0833. The van der Waals surface area contributed by atoms with Gasteiger partial charge < -0.3 is 9.15 Å². The molecule has 2 aromatic rings. The molecule has 2 rings (SSSR count). The molecule has 0 amide bonds. The van der Waals surface area contributed by atoms with Gasteiger partial charge in [0.2, 0.25) is 5.75 Å². The standard InChI is InChI=1S/C12H9NO5/c1-8-3-2-4-10(12(8)13(15)16)18-11-6-5-9(7-14)17-11/h2-7H,1H3. The van der Waals surface area contributed by atoms with Gasteiger partial charge in [-0.1, -0.05) is 12.1 Å². The molecule has 0 saturated carbocycles. The van der Waals surface area contributed by atoms with E-state index in [0.29, 0.717) is 11.8 Å². The number of hydrogen-bond donors (Lipinski definition) is 0. The number of hydrogen-bond acceptors (Lipinski definition) is 5. The fourth-order valence-electron chi connectivity index (χ4n) is 1.51. The second-order valence-corrected chi connectivity index (χ2v) is 3.56. The third-order valence-corrected chi connectivity index (χ3v) is 2.31. The van der Waals surface area contributed by atoms with E-state index in [9.17, 15) is 14.9 Å². The topological polar surface area (TPSA) is 82.6 Å². The van der Waals surface area contributed by atoms with Gasteiger partial charge >= 0.3 is 5.69 Å². The van der Waals surface area contributed by atoms with E-state index < -0.39 is 4.92 Å². The monoisotopic (exact) mass is 247 g/mol. The van der Waals surface area contributed by atoms with E-state index in [1.54, 1.807) is 19.1 Å². The summed E-state index contributed by atoms with van der Waals surface area (Å²) in [6.07, 6.45) is 0.525. The summed E-state index contributed by atoms with van der Waals surface area (Å²) in [4.78, 5) is 20.9. The van der Waals surface area contributed by atoms with E-state index >= 15 is 0 Å². The van der Waals surface area contributed by atoms with Crippen LogP contribution in [0.1, 0.15) is 16.1 Å². The number of aldehydes is 1. The minimum absolute atomic E-state index is 0.0331. The van der Waals surface area contributed by atoms with E-state index in [2.05, 4.69) is 0 Å². The molecule has 0 bridgehead atoms. The van der Waals surface area contributed by atoms with Gasteiger partial charge in [0.15, 0.2) is 12.0 Å². The average molecular weight is 247 g/mol. The van der Waals surface area contributed by atoms with Crippen LogP contribution in [-0.2, 0) is 0 Å². The molecule has 6 heteroatoms. The number of carbonyl (C=O) groups is 1. The highest BCUT2D eigenvalue weighted by Crippen LogP contribution is 2.34. The van der Waals surface area contributed by atoms with Crippen LogP contribution in [0.2, 0.25) is 0 Å². The number of carbonyl (C=O) groups excluding carboxylic acids is 1. The molecular formula is C12H9NO5. The van der Waals surface area contributed by atoms with Crippen molar-refractivity contribution in [3.63, 3.8) is 0 Å². The van der Waals surface area contributed by atoms with Gasteiger partial charge in [-0.05, 0) is 19.1 Å². The number of nitro benzene ring substituents is 1. The first-order valence-electron chi connectivity index (χ1n) is 5.08. The van der Waals surface area contributed by atoms with E-state index in [-0.39, 0.29) is 23.1 Å². The molecule has 1 aromatic carbocycles. The highest BCUT2D eigenvalue weighted by Gasteiger charge is 2.19. The van der Waals surface area contributed by atoms with Gasteiger partial charge in [-0.15, -0.1) is 0 Å². The molecule has 0 radical (unpaired) electrons. The van der Waals surface area contributed by atoms with Crippen molar-refractivity contribution in [3.05, 3.63) is 51.8 Å². The van der Waals surface area contributed by atoms with Crippen LogP contribution in [0.4, 0.5) is 5.69 Å². The Morgan fingerprint density at radius 3 is 2.72 bits per heavy atom. The summed E-state index contributed by atoms with van der Waals surface area (Å²) in [6, 6.07) is 7.57. The van der Waals surface area contributed by atoms with Crippen molar-refractivity contribution in [2.24, 2.45) is 0 Å². The van der Waals surface area contributed by atoms with Crippen molar-refractivity contribution in [2.45, 2.75) is 6.92 Å². The van der Waals surface area contributed by atoms with Crippen LogP contribution in [0.3, 0.4) is 0 Å². The van der Waals surface area contributed by atoms with Crippen molar-refractivity contribution >= 4 is 12.0 Å². The Balaban J connectivity index is 2.36. The molecule has 0 fully saturated rings. The summed E-state index contributed by atoms with van der Waals surface area (Å²) in [5, 5.41) is 10.9. The van der Waals surface area contributed by atoms with Gasteiger partial charge in [0.25, 0.3) is 5.95 Å². The molecular weight excluding hydrogens is 238 g/mol. The van der Waals surface area contributed by atoms with Crippen molar-refractivity contribution in [3.8, 4) is 11.7 Å². The molecule has 0 aliphatic rings. The molecule has 0 aliphatic carbocycles. The maximum Gasteiger partial charge on any atom is 0.314 e. The lowest BCUT2D eigenvalue weighted by Gasteiger charge is -2.04. The summed E-state index contributed by atoms with van der Waals surface area (Å²) in [7, 11) is 0. The molecule has 0 spiro atoms. The summed E-state index contributed by atoms with van der Waals surface area (Å²) in [5.41, 5.74) is 0.362. The van der Waals surface area contributed by atoms with Gasteiger partial charge in [0, 0.05) is 11.6 Å². The van der Waals surface area contributed by atoms with Crippen molar-refractivity contribution in [1.82, 2.24) is 0 Å². The number of aryl methyl sites for hydroxylation is 1. The van der Waals surface area contributed by atoms with E-state index in [0.717, 1.165) is 0 Å². The number of ether oxygens (including phenoxy) is 1. The molecule has 18 heavy (non-hydrogen) atoms. The average Bonchev–Trinajstić information content (AvgIpc) is 2.76. The Labute approximate surface area is 102 Å². The van der Waals surface area contributed by atoms with Gasteiger partial charge in [-0.2, -0.15) is 0 Å². The fourth-order valence-corrected chi connectivity index (χ4v) is 1.51. The van der Waals surface area contributed by atoms with Gasteiger partial charge in [-0.3, -0.25) is 14.9 Å².